The van der Waals surface area contributed by atoms with Crippen molar-refractivity contribution in [2.75, 3.05) is 0 Å². The number of rotatable bonds is 3. The number of halogens is 2. The summed E-state index contributed by atoms with van der Waals surface area (Å²) < 4.78 is 13.9. The lowest BCUT2D eigenvalue weighted by Gasteiger charge is -2.24. The number of benzene rings is 1. The molecule has 8 heteroatoms. The van der Waals surface area contributed by atoms with Gasteiger partial charge in [0.1, 0.15) is 17.6 Å². The highest BCUT2D eigenvalue weighted by Gasteiger charge is 2.56. The fourth-order valence-corrected chi connectivity index (χ4v) is 4.82. The summed E-state index contributed by atoms with van der Waals surface area (Å²) in [7, 11) is 0. The van der Waals surface area contributed by atoms with E-state index >= 15 is 0 Å². The van der Waals surface area contributed by atoms with Crippen molar-refractivity contribution in [1.82, 2.24) is 9.88 Å². The zero-order valence-electron chi connectivity index (χ0n) is 13.3. The number of aryl methyl sites for hydroxylation is 1. The number of primary amides is 1. The fourth-order valence-electron chi connectivity index (χ4n) is 3.53. The van der Waals surface area contributed by atoms with Crippen LogP contribution in [0.5, 0.6) is 0 Å². The number of carbonyl (C=O) groups excluding carboxylic acids is 2. The standard InChI is InChI=1S/C17H15BrFN3O2S/c1-7-21-14(15(25-7)8-2-3-11(19)10(18)4-8)17(24)22-12-5-9(12)6-13(22)16(20)23/h2-4,9,12-13H,5-6H2,1H3,(H2,20,23)/t9-,12-,13-/m0/s1. The van der Waals surface area contributed by atoms with Crippen LogP contribution in [0.25, 0.3) is 10.4 Å². The van der Waals surface area contributed by atoms with E-state index in [2.05, 4.69) is 20.9 Å². The number of nitrogens with zero attached hydrogens (tertiary/aromatic N) is 2. The number of likely N-dealkylation sites (tertiary alicyclic amines) is 1. The van der Waals surface area contributed by atoms with Crippen LogP contribution in [0.15, 0.2) is 22.7 Å². The molecule has 1 aliphatic heterocycles. The molecular weight excluding hydrogens is 409 g/mol. The smallest absolute Gasteiger partial charge is 0.274 e. The summed E-state index contributed by atoms with van der Waals surface area (Å²) in [5.74, 6) is -0.746. The van der Waals surface area contributed by atoms with Gasteiger partial charge in [-0.05, 0) is 59.3 Å². The first-order chi connectivity index (χ1) is 11.9. The average Bonchev–Trinajstić information content (AvgIpc) is 3.05. The molecule has 1 aromatic heterocycles. The van der Waals surface area contributed by atoms with Gasteiger partial charge in [-0.25, -0.2) is 9.37 Å². The Morgan fingerprint density at radius 1 is 1.40 bits per heavy atom. The number of carbonyl (C=O) groups is 2. The lowest BCUT2D eigenvalue weighted by atomic mass is 10.1. The van der Waals surface area contributed by atoms with Gasteiger partial charge in [-0.1, -0.05) is 6.07 Å². The molecule has 2 N–H and O–H groups in total. The lowest BCUT2D eigenvalue weighted by molar-refractivity contribution is -0.122. The number of piperidine rings is 1. The van der Waals surface area contributed by atoms with E-state index in [-0.39, 0.29) is 17.8 Å². The van der Waals surface area contributed by atoms with Gasteiger partial charge < -0.3 is 10.6 Å². The van der Waals surface area contributed by atoms with Crippen LogP contribution in [0.2, 0.25) is 0 Å². The van der Waals surface area contributed by atoms with Crippen LogP contribution >= 0.6 is 27.3 Å². The summed E-state index contributed by atoms with van der Waals surface area (Å²) in [6.07, 6.45) is 1.54. The molecule has 1 aromatic carbocycles. The zero-order valence-corrected chi connectivity index (χ0v) is 15.7. The van der Waals surface area contributed by atoms with Gasteiger partial charge in [-0.3, -0.25) is 9.59 Å². The van der Waals surface area contributed by atoms with E-state index in [0.29, 0.717) is 32.9 Å². The number of hydrogen-bond donors (Lipinski definition) is 1. The third-order valence-corrected chi connectivity index (χ3v) is 6.41. The van der Waals surface area contributed by atoms with E-state index in [4.69, 9.17) is 5.73 Å². The predicted molar refractivity (Wildman–Crippen MR) is 95.6 cm³/mol. The first-order valence-corrected chi connectivity index (χ1v) is 9.52. The lowest BCUT2D eigenvalue weighted by Crippen LogP contribution is -2.46. The second-order valence-corrected chi connectivity index (χ2v) is 8.53. The maximum atomic E-state index is 13.5. The quantitative estimate of drug-likeness (QED) is 0.823. The van der Waals surface area contributed by atoms with Crippen molar-refractivity contribution >= 4 is 39.1 Å². The van der Waals surface area contributed by atoms with Crippen LogP contribution in [0.1, 0.15) is 28.3 Å². The highest BCUT2D eigenvalue weighted by Crippen LogP contribution is 2.49. The number of fused-ring (bicyclic) bond motifs is 1. The normalized spacial score (nSPS) is 24.3. The average molecular weight is 424 g/mol. The molecule has 25 heavy (non-hydrogen) atoms. The van der Waals surface area contributed by atoms with E-state index < -0.39 is 11.9 Å². The third kappa shape index (κ3) is 2.77. The molecule has 3 atom stereocenters. The maximum absolute atomic E-state index is 13.5. The molecule has 0 spiro atoms. The Bertz CT molecular complexity index is 900. The van der Waals surface area contributed by atoms with Crippen molar-refractivity contribution in [1.29, 1.82) is 0 Å². The number of amides is 2. The Labute approximate surface area is 156 Å². The maximum Gasteiger partial charge on any atom is 0.274 e. The summed E-state index contributed by atoms with van der Waals surface area (Å²) in [6, 6.07) is 4.13. The van der Waals surface area contributed by atoms with Gasteiger partial charge in [0.05, 0.1) is 14.4 Å². The van der Waals surface area contributed by atoms with Gasteiger partial charge in [0.25, 0.3) is 5.91 Å². The first-order valence-electron chi connectivity index (χ1n) is 7.91. The molecule has 0 bridgehead atoms. The summed E-state index contributed by atoms with van der Waals surface area (Å²) in [5.41, 5.74) is 6.50. The molecular formula is C17H15BrFN3O2S. The second-order valence-electron chi connectivity index (χ2n) is 6.47. The molecule has 2 fully saturated rings. The molecule has 130 valence electrons. The van der Waals surface area contributed by atoms with Gasteiger partial charge in [-0.2, -0.15) is 0 Å². The zero-order chi connectivity index (χ0) is 17.9. The summed E-state index contributed by atoms with van der Waals surface area (Å²) in [6.45, 7) is 1.82. The molecule has 2 aromatic rings. The Morgan fingerprint density at radius 2 is 2.16 bits per heavy atom. The van der Waals surface area contributed by atoms with Crippen molar-refractivity contribution in [3.63, 3.8) is 0 Å². The van der Waals surface area contributed by atoms with Gasteiger partial charge in [0.2, 0.25) is 5.91 Å². The van der Waals surface area contributed by atoms with Crippen molar-refractivity contribution in [2.45, 2.75) is 31.8 Å². The second kappa shape index (κ2) is 5.88. The molecule has 0 unspecified atom stereocenters. The fraction of sp³-hybridized carbons (Fsp3) is 0.353. The Kier molecular flexibility index (Phi) is 3.92. The third-order valence-electron chi connectivity index (χ3n) is 4.79. The number of thiazole rings is 1. The van der Waals surface area contributed by atoms with Gasteiger partial charge in [0, 0.05) is 6.04 Å². The van der Waals surface area contributed by atoms with Crippen LogP contribution in [-0.4, -0.2) is 33.8 Å². The summed E-state index contributed by atoms with van der Waals surface area (Å²) in [5, 5.41) is 0.737. The summed E-state index contributed by atoms with van der Waals surface area (Å²) >= 11 is 4.55. The minimum Gasteiger partial charge on any atom is -0.368 e. The van der Waals surface area contributed by atoms with Gasteiger partial charge in [0.15, 0.2) is 0 Å². The molecule has 0 radical (unpaired) electrons. The first kappa shape index (κ1) is 16.7. The predicted octanol–water partition coefficient (Wildman–Crippen LogP) is 3.11. The largest absolute Gasteiger partial charge is 0.368 e. The molecule has 4 rings (SSSR count). The van der Waals surface area contributed by atoms with Crippen LogP contribution in [0.3, 0.4) is 0 Å². The van der Waals surface area contributed by atoms with E-state index in [1.54, 1.807) is 17.0 Å². The van der Waals surface area contributed by atoms with Gasteiger partial charge in [-0.15, -0.1) is 11.3 Å². The van der Waals surface area contributed by atoms with Crippen molar-refractivity contribution in [3.8, 4) is 10.4 Å². The monoisotopic (exact) mass is 423 g/mol. The SMILES string of the molecule is Cc1nc(C(=O)N2[C@H](C(N)=O)C[C@@H]3C[C@@H]32)c(-c2ccc(F)c(Br)c2)s1. The molecule has 2 amide bonds. The van der Waals surface area contributed by atoms with Crippen molar-refractivity contribution < 1.29 is 14.0 Å². The number of nitrogens with two attached hydrogens (primary N) is 1. The topological polar surface area (TPSA) is 76.3 Å². The van der Waals surface area contributed by atoms with E-state index in [1.165, 1.54) is 17.4 Å². The minimum atomic E-state index is -0.564. The highest BCUT2D eigenvalue weighted by atomic mass is 79.9. The Morgan fingerprint density at radius 3 is 2.84 bits per heavy atom. The van der Waals surface area contributed by atoms with E-state index in [0.717, 1.165) is 11.4 Å². The van der Waals surface area contributed by atoms with Crippen LogP contribution < -0.4 is 5.73 Å². The molecule has 1 saturated heterocycles. The summed E-state index contributed by atoms with van der Waals surface area (Å²) in [4.78, 5) is 31.5. The molecule has 5 nitrogen and oxygen atoms in total. The van der Waals surface area contributed by atoms with Gasteiger partial charge >= 0.3 is 0 Å². The van der Waals surface area contributed by atoms with E-state index in [9.17, 15) is 14.0 Å². The number of hydrogen-bond acceptors (Lipinski definition) is 4. The van der Waals surface area contributed by atoms with Crippen LogP contribution in [0, 0.1) is 18.7 Å². The molecule has 2 heterocycles. The molecule has 2 aliphatic rings. The number of aromatic nitrogens is 1. The molecule has 1 aliphatic carbocycles. The van der Waals surface area contributed by atoms with Crippen molar-refractivity contribution in [2.24, 2.45) is 11.7 Å². The Hall–Kier alpha value is -1.80. The molecule has 1 saturated carbocycles. The van der Waals surface area contributed by atoms with Crippen LogP contribution in [0.4, 0.5) is 4.39 Å². The van der Waals surface area contributed by atoms with Crippen LogP contribution in [-0.2, 0) is 4.79 Å². The highest BCUT2D eigenvalue weighted by molar-refractivity contribution is 9.10. The van der Waals surface area contributed by atoms with E-state index in [1.807, 2.05) is 6.92 Å². The minimum absolute atomic E-state index is 0.0832. The Balaban J connectivity index is 1.74. The van der Waals surface area contributed by atoms with Crippen molar-refractivity contribution in [3.05, 3.63) is 39.2 Å².